The molecule has 1 amide bonds. The van der Waals surface area contributed by atoms with Gasteiger partial charge in [-0.1, -0.05) is 18.2 Å². The fourth-order valence-corrected chi connectivity index (χ4v) is 3.56. The summed E-state index contributed by atoms with van der Waals surface area (Å²) in [6.45, 7) is 5.64. The van der Waals surface area contributed by atoms with Crippen LogP contribution in [0.25, 0.3) is 10.9 Å². The number of morpholine rings is 1. The highest BCUT2D eigenvalue weighted by atomic mass is 16.5. The van der Waals surface area contributed by atoms with Gasteiger partial charge in [0.05, 0.1) is 25.1 Å². The number of carbonyl (C=O) groups is 1. The van der Waals surface area contributed by atoms with Crippen LogP contribution in [-0.4, -0.2) is 66.7 Å². The summed E-state index contributed by atoms with van der Waals surface area (Å²) in [6.07, 6.45) is 4.69. The number of ether oxygens (including phenoxy) is 1. The van der Waals surface area contributed by atoms with Gasteiger partial charge in [-0.3, -0.25) is 9.69 Å². The van der Waals surface area contributed by atoms with E-state index in [4.69, 9.17) is 4.74 Å². The Kier molecular flexibility index (Phi) is 6.38. The van der Waals surface area contributed by atoms with Gasteiger partial charge < -0.3 is 20.4 Å². The Bertz CT molecular complexity index is 932. The van der Waals surface area contributed by atoms with Crippen LogP contribution in [0.2, 0.25) is 0 Å². The summed E-state index contributed by atoms with van der Waals surface area (Å²) in [5, 5.41) is 7.57. The fraction of sp³-hybridized carbons (Fsp3) is 0.364. The van der Waals surface area contributed by atoms with Gasteiger partial charge in [-0.2, -0.15) is 0 Å². The number of para-hydroxylation sites is 1. The van der Waals surface area contributed by atoms with E-state index in [2.05, 4.69) is 49.9 Å². The zero-order chi connectivity index (χ0) is 19.9. The number of benzene rings is 1. The average molecular weight is 393 g/mol. The van der Waals surface area contributed by atoms with Crippen LogP contribution in [-0.2, 0) is 11.2 Å². The van der Waals surface area contributed by atoms with Gasteiger partial charge in [0, 0.05) is 49.8 Å². The Balaban J connectivity index is 1.21. The molecule has 1 fully saturated rings. The molecule has 2 aromatic heterocycles. The molecule has 0 aliphatic carbocycles. The highest BCUT2D eigenvalue weighted by Gasteiger charge is 2.11. The minimum absolute atomic E-state index is 0.136. The summed E-state index contributed by atoms with van der Waals surface area (Å²) in [5.74, 6) is -0.136. The number of anilines is 1. The molecular weight excluding hydrogens is 366 g/mol. The number of hydrogen-bond acceptors (Lipinski definition) is 5. The Morgan fingerprint density at radius 3 is 2.83 bits per heavy atom. The zero-order valence-corrected chi connectivity index (χ0v) is 16.5. The van der Waals surface area contributed by atoms with E-state index in [0.29, 0.717) is 12.2 Å². The lowest BCUT2D eigenvalue weighted by molar-refractivity contribution is 0.0383. The van der Waals surface area contributed by atoms with E-state index in [1.807, 2.05) is 12.1 Å². The molecule has 0 unspecified atom stereocenters. The number of hydrogen-bond donors (Lipinski definition) is 3. The first-order chi connectivity index (χ1) is 14.3. The van der Waals surface area contributed by atoms with Gasteiger partial charge in [0.1, 0.15) is 5.69 Å². The number of amides is 1. The number of nitrogens with one attached hydrogen (secondary N) is 3. The number of aromatic amines is 1. The third-order valence-electron chi connectivity index (χ3n) is 5.21. The van der Waals surface area contributed by atoms with Crippen molar-refractivity contribution in [3.8, 4) is 0 Å². The van der Waals surface area contributed by atoms with Crippen LogP contribution in [0.3, 0.4) is 0 Å². The first kappa shape index (κ1) is 19.4. The van der Waals surface area contributed by atoms with Crippen molar-refractivity contribution in [2.75, 3.05) is 51.3 Å². The summed E-state index contributed by atoms with van der Waals surface area (Å²) in [5.41, 5.74) is 3.80. The molecule has 4 rings (SSSR count). The number of fused-ring (bicyclic) bond motifs is 1. The highest BCUT2D eigenvalue weighted by Crippen LogP contribution is 2.18. The van der Waals surface area contributed by atoms with Gasteiger partial charge >= 0.3 is 0 Å². The minimum atomic E-state index is -0.136. The largest absolute Gasteiger partial charge is 0.383 e. The quantitative estimate of drug-likeness (QED) is 0.547. The molecule has 0 atom stereocenters. The number of aromatic nitrogens is 2. The maximum atomic E-state index is 12.3. The zero-order valence-electron chi connectivity index (χ0n) is 16.5. The van der Waals surface area contributed by atoms with Crippen molar-refractivity contribution in [3.63, 3.8) is 0 Å². The Labute approximate surface area is 170 Å². The summed E-state index contributed by atoms with van der Waals surface area (Å²) in [4.78, 5) is 22.1. The van der Waals surface area contributed by atoms with Crippen LogP contribution < -0.4 is 10.6 Å². The first-order valence-electron chi connectivity index (χ1n) is 10.1. The minimum Gasteiger partial charge on any atom is -0.383 e. The molecule has 7 nitrogen and oxygen atoms in total. The summed E-state index contributed by atoms with van der Waals surface area (Å²) in [7, 11) is 0. The van der Waals surface area contributed by atoms with E-state index in [-0.39, 0.29) is 5.91 Å². The maximum Gasteiger partial charge on any atom is 0.269 e. The monoisotopic (exact) mass is 393 g/mol. The second kappa shape index (κ2) is 9.54. The summed E-state index contributed by atoms with van der Waals surface area (Å²) >= 11 is 0. The molecular formula is C22H27N5O2. The number of nitrogens with zero attached hydrogens (tertiary/aromatic N) is 2. The summed E-state index contributed by atoms with van der Waals surface area (Å²) < 4.78 is 5.33. The standard InChI is InChI=1S/C22H27N5O2/c28-22(24-9-10-27-11-13-29-14-12-27)21-6-5-18(16-26-21)23-8-7-17-15-25-20-4-2-1-3-19(17)20/h1-6,15-16,23,25H,7-14H2,(H,24,28). The van der Waals surface area contributed by atoms with Crippen molar-refractivity contribution in [1.29, 1.82) is 0 Å². The van der Waals surface area contributed by atoms with Crippen molar-refractivity contribution in [3.05, 3.63) is 60.0 Å². The van der Waals surface area contributed by atoms with Crippen LogP contribution in [0, 0.1) is 0 Å². The lowest BCUT2D eigenvalue weighted by Crippen LogP contribution is -2.41. The van der Waals surface area contributed by atoms with Crippen molar-refractivity contribution in [1.82, 2.24) is 20.2 Å². The van der Waals surface area contributed by atoms with Gasteiger partial charge in [0.15, 0.2) is 0 Å². The third kappa shape index (κ3) is 5.13. The van der Waals surface area contributed by atoms with Crippen molar-refractivity contribution in [2.24, 2.45) is 0 Å². The SMILES string of the molecule is O=C(NCCN1CCOCC1)c1ccc(NCCc2c[nH]c3ccccc23)cn1. The highest BCUT2D eigenvalue weighted by molar-refractivity contribution is 5.92. The molecule has 7 heteroatoms. The smallest absolute Gasteiger partial charge is 0.269 e. The molecule has 1 saturated heterocycles. The Morgan fingerprint density at radius 2 is 2.00 bits per heavy atom. The van der Waals surface area contributed by atoms with Crippen molar-refractivity contribution in [2.45, 2.75) is 6.42 Å². The Hall–Kier alpha value is -2.90. The normalized spacial score (nSPS) is 14.8. The number of pyridine rings is 1. The molecule has 152 valence electrons. The molecule has 0 radical (unpaired) electrons. The molecule has 3 N–H and O–H groups in total. The Morgan fingerprint density at radius 1 is 1.14 bits per heavy atom. The predicted octanol–water partition coefficient (Wildman–Crippen LogP) is 2.28. The van der Waals surface area contributed by atoms with Gasteiger partial charge in [-0.05, 0) is 30.2 Å². The molecule has 0 bridgehead atoms. The van der Waals surface area contributed by atoms with Gasteiger partial charge in [0.25, 0.3) is 5.91 Å². The van der Waals surface area contributed by atoms with E-state index in [9.17, 15) is 4.79 Å². The molecule has 0 saturated carbocycles. The van der Waals surface area contributed by atoms with E-state index >= 15 is 0 Å². The lowest BCUT2D eigenvalue weighted by Gasteiger charge is -2.26. The van der Waals surface area contributed by atoms with Crippen molar-refractivity contribution < 1.29 is 9.53 Å². The van der Waals surface area contributed by atoms with Crippen molar-refractivity contribution >= 4 is 22.5 Å². The lowest BCUT2D eigenvalue weighted by atomic mass is 10.1. The van der Waals surface area contributed by atoms with Crippen LogP contribution in [0.1, 0.15) is 16.1 Å². The molecule has 0 spiro atoms. The molecule has 1 aliphatic rings. The molecule has 1 aliphatic heterocycles. The van der Waals surface area contributed by atoms with E-state index in [1.165, 1.54) is 10.9 Å². The molecule has 1 aromatic carbocycles. The maximum absolute atomic E-state index is 12.3. The molecule has 29 heavy (non-hydrogen) atoms. The van der Waals surface area contributed by atoms with Gasteiger partial charge in [0.2, 0.25) is 0 Å². The van der Waals surface area contributed by atoms with Crippen LogP contribution in [0.15, 0.2) is 48.8 Å². The van der Waals surface area contributed by atoms with E-state index in [0.717, 1.165) is 57.0 Å². The first-order valence-corrected chi connectivity index (χ1v) is 10.1. The van der Waals surface area contributed by atoms with Gasteiger partial charge in [-0.15, -0.1) is 0 Å². The number of carbonyl (C=O) groups excluding carboxylic acids is 1. The number of H-pyrrole nitrogens is 1. The average Bonchev–Trinajstić information content (AvgIpc) is 3.18. The van der Waals surface area contributed by atoms with Gasteiger partial charge in [-0.25, -0.2) is 4.98 Å². The van der Waals surface area contributed by atoms with E-state index in [1.54, 1.807) is 12.3 Å². The second-order valence-corrected chi connectivity index (χ2v) is 7.18. The van der Waals surface area contributed by atoms with Crippen LogP contribution in [0.4, 0.5) is 5.69 Å². The van der Waals surface area contributed by atoms with Crippen LogP contribution >= 0.6 is 0 Å². The summed E-state index contributed by atoms with van der Waals surface area (Å²) in [6, 6.07) is 12.0. The fourth-order valence-electron chi connectivity index (χ4n) is 3.56. The third-order valence-corrected chi connectivity index (χ3v) is 5.21. The molecule has 3 aromatic rings. The molecule has 3 heterocycles. The second-order valence-electron chi connectivity index (χ2n) is 7.18. The topological polar surface area (TPSA) is 82.3 Å². The van der Waals surface area contributed by atoms with E-state index < -0.39 is 0 Å². The predicted molar refractivity (Wildman–Crippen MR) is 114 cm³/mol. The van der Waals surface area contributed by atoms with Crippen LogP contribution in [0.5, 0.6) is 0 Å². The number of rotatable bonds is 8.